The first-order valence-electron chi connectivity index (χ1n) is 7.80. The highest BCUT2D eigenvalue weighted by molar-refractivity contribution is 7.92. The quantitative estimate of drug-likeness (QED) is 0.802. The van der Waals surface area contributed by atoms with Crippen molar-refractivity contribution in [1.29, 1.82) is 0 Å². The van der Waals surface area contributed by atoms with Gasteiger partial charge in [0, 0.05) is 16.6 Å². The maximum absolute atomic E-state index is 13.0. The fourth-order valence-corrected chi connectivity index (χ4v) is 4.22. The van der Waals surface area contributed by atoms with E-state index in [-0.39, 0.29) is 29.0 Å². The minimum absolute atomic E-state index is 0.00206. The van der Waals surface area contributed by atoms with Gasteiger partial charge in [0.25, 0.3) is 10.0 Å². The van der Waals surface area contributed by atoms with Crippen molar-refractivity contribution in [3.05, 3.63) is 40.9 Å². The van der Waals surface area contributed by atoms with Crippen LogP contribution < -0.4 is 24.7 Å². The topological polar surface area (TPSA) is 99.9 Å². The number of sulfonamides is 1. The normalized spacial score (nSPS) is 16.4. The van der Waals surface area contributed by atoms with Crippen LogP contribution in [0.25, 0.3) is 0 Å². The predicted molar refractivity (Wildman–Crippen MR) is 99.0 cm³/mol. The van der Waals surface area contributed by atoms with E-state index in [2.05, 4.69) is 4.72 Å². The van der Waals surface area contributed by atoms with E-state index < -0.39 is 10.0 Å². The molecule has 0 unspecified atom stereocenters. The van der Waals surface area contributed by atoms with Gasteiger partial charge in [0.15, 0.2) is 0 Å². The van der Waals surface area contributed by atoms with Gasteiger partial charge in [0.1, 0.15) is 28.8 Å². The molecule has 0 bridgehead atoms. The Kier molecular flexibility index (Phi) is 5.17. The lowest BCUT2D eigenvalue weighted by molar-refractivity contribution is 0.251. The van der Waals surface area contributed by atoms with Crippen molar-refractivity contribution in [3.8, 4) is 17.2 Å². The molecular formula is C17H19ClN2O5S. The Morgan fingerprint density at radius 3 is 2.58 bits per heavy atom. The standard InChI is InChI=1S/C17H19ClN2O5S/c1-23-14-5-6-16(17-12(14)8-11(19)9-25-17)26(21,22)20-13-7-10(18)3-4-15(13)24-2/h3-7,11,20H,8-9,19H2,1-2H3/t11-/m1/s1. The molecule has 0 amide bonds. The molecule has 2 aromatic carbocycles. The molecule has 7 nitrogen and oxygen atoms in total. The van der Waals surface area contributed by atoms with Gasteiger partial charge in [-0.1, -0.05) is 11.6 Å². The molecule has 0 saturated heterocycles. The second-order valence-corrected chi connectivity index (χ2v) is 7.89. The molecule has 3 N–H and O–H groups in total. The zero-order valence-corrected chi connectivity index (χ0v) is 15.9. The third-order valence-electron chi connectivity index (χ3n) is 4.00. The molecule has 0 saturated carbocycles. The number of hydrogen-bond acceptors (Lipinski definition) is 6. The van der Waals surface area contributed by atoms with Crippen LogP contribution in [0.3, 0.4) is 0 Å². The molecule has 1 heterocycles. The number of benzene rings is 2. The van der Waals surface area contributed by atoms with E-state index in [9.17, 15) is 8.42 Å². The Bertz CT molecular complexity index is 933. The maximum Gasteiger partial charge on any atom is 0.265 e. The zero-order chi connectivity index (χ0) is 18.9. The molecule has 1 atom stereocenters. The summed E-state index contributed by atoms with van der Waals surface area (Å²) in [6.45, 7) is 0.225. The Labute approximate surface area is 157 Å². The highest BCUT2D eigenvalue weighted by Gasteiger charge is 2.29. The summed E-state index contributed by atoms with van der Waals surface area (Å²) in [6.07, 6.45) is 0.461. The molecule has 1 aliphatic heterocycles. The number of nitrogens with one attached hydrogen (secondary N) is 1. The van der Waals surface area contributed by atoms with Gasteiger partial charge < -0.3 is 19.9 Å². The molecule has 9 heteroatoms. The lowest BCUT2D eigenvalue weighted by Crippen LogP contribution is -2.34. The Hall–Kier alpha value is -2.16. The zero-order valence-electron chi connectivity index (χ0n) is 14.3. The van der Waals surface area contributed by atoms with Gasteiger partial charge in [0.2, 0.25) is 0 Å². The van der Waals surface area contributed by atoms with Crippen molar-refractivity contribution in [3.63, 3.8) is 0 Å². The number of methoxy groups -OCH3 is 2. The van der Waals surface area contributed by atoms with Crippen LogP contribution in [0.5, 0.6) is 17.2 Å². The SMILES string of the molecule is COc1ccc(Cl)cc1NS(=O)(=O)c1ccc(OC)c2c1OC[C@H](N)C2. The average molecular weight is 399 g/mol. The van der Waals surface area contributed by atoms with Gasteiger partial charge in [-0.25, -0.2) is 8.42 Å². The molecule has 0 aliphatic carbocycles. The highest BCUT2D eigenvalue weighted by Crippen LogP contribution is 2.39. The lowest BCUT2D eigenvalue weighted by Gasteiger charge is -2.26. The maximum atomic E-state index is 13.0. The van der Waals surface area contributed by atoms with E-state index in [0.29, 0.717) is 28.5 Å². The first kappa shape index (κ1) is 18.6. The molecule has 26 heavy (non-hydrogen) atoms. The molecule has 0 fully saturated rings. The Morgan fingerprint density at radius 2 is 1.88 bits per heavy atom. The van der Waals surface area contributed by atoms with Gasteiger partial charge in [-0.2, -0.15) is 0 Å². The van der Waals surface area contributed by atoms with Crippen molar-refractivity contribution < 1.29 is 22.6 Å². The highest BCUT2D eigenvalue weighted by atomic mass is 35.5. The summed E-state index contributed by atoms with van der Waals surface area (Å²) in [5.74, 6) is 1.14. The number of halogens is 1. The molecule has 0 aromatic heterocycles. The largest absolute Gasteiger partial charge is 0.496 e. The number of rotatable bonds is 5. The minimum atomic E-state index is -3.96. The Balaban J connectivity index is 2.06. The summed E-state index contributed by atoms with van der Waals surface area (Å²) in [5.41, 5.74) is 6.80. The molecule has 1 aliphatic rings. The van der Waals surface area contributed by atoms with Crippen LogP contribution in [0.1, 0.15) is 5.56 Å². The summed E-state index contributed by atoms with van der Waals surface area (Å²) in [4.78, 5) is 0.00206. The summed E-state index contributed by atoms with van der Waals surface area (Å²) in [5, 5.41) is 0.377. The van der Waals surface area contributed by atoms with Crippen molar-refractivity contribution in [2.45, 2.75) is 17.4 Å². The number of nitrogens with two attached hydrogens (primary N) is 1. The molecule has 0 spiro atoms. The monoisotopic (exact) mass is 398 g/mol. The summed E-state index contributed by atoms with van der Waals surface area (Å²) >= 11 is 5.97. The van der Waals surface area contributed by atoms with Crippen molar-refractivity contribution in [1.82, 2.24) is 0 Å². The Morgan fingerprint density at radius 1 is 1.19 bits per heavy atom. The molecule has 2 aromatic rings. The van der Waals surface area contributed by atoms with E-state index in [0.717, 1.165) is 0 Å². The predicted octanol–water partition coefficient (Wildman–Crippen LogP) is 2.42. The fourth-order valence-electron chi connectivity index (χ4n) is 2.81. The second-order valence-electron chi connectivity index (χ2n) is 5.80. The second kappa shape index (κ2) is 7.22. The number of hydrogen-bond donors (Lipinski definition) is 2. The molecule has 140 valence electrons. The third kappa shape index (κ3) is 3.53. The molecular weight excluding hydrogens is 380 g/mol. The van der Waals surface area contributed by atoms with Crippen LogP contribution in [0, 0.1) is 0 Å². The summed E-state index contributed by atoms with van der Waals surface area (Å²) < 4.78 is 44.6. The summed E-state index contributed by atoms with van der Waals surface area (Å²) in [7, 11) is -0.998. The van der Waals surface area contributed by atoms with E-state index in [1.807, 2.05) is 0 Å². The van der Waals surface area contributed by atoms with Crippen LogP contribution in [-0.4, -0.2) is 35.3 Å². The van der Waals surface area contributed by atoms with Crippen molar-refractivity contribution >= 4 is 27.3 Å². The number of fused-ring (bicyclic) bond motifs is 1. The molecule has 0 radical (unpaired) electrons. The van der Waals surface area contributed by atoms with E-state index in [1.54, 1.807) is 18.2 Å². The van der Waals surface area contributed by atoms with Gasteiger partial charge in [-0.3, -0.25) is 4.72 Å². The van der Waals surface area contributed by atoms with E-state index in [4.69, 9.17) is 31.5 Å². The molecule has 3 rings (SSSR count). The van der Waals surface area contributed by atoms with Crippen LogP contribution in [0.2, 0.25) is 5.02 Å². The smallest absolute Gasteiger partial charge is 0.265 e. The van der Waals surface area contributed by atoms with Crippen LogP contribution in [0.15, 0.2) is 35.2 Å². The van der Waals surface area contributed by atoms with Gasteiger partial charge in [-0.05, 0) is 36.8 Å². The fraction of sp³-hybridized carbons (Fsp3) is 0.294. The summed E-state index contributed by atoms with van der Waals surface area (Å²) in [6, 6.07) is 7.47. The van der Waals surface area contributed by atoms with Gasteiger partial charge >= 0.3 is 0 Å². The third-order valence-corrected chi connectivity index (χ3v) is 5.63. The van der Waals surface area contributed by atoms with Crippen LogP contribution >= 0.6 is 11.6 Å². The number of ether oxygens (including phenoxy) is 3. The van der Waals surface area contributed by atoms with Crippen molar-refractivity contribution in [2.75, 3.05) is 25.5 Å². The van der Waals surface area contributed by atoms with Crippen LogP contribution in [-0.2, 0) is 16.4 Å². The van der Waals surface area contributed by atoms with Crippen LogP contribution in [0.4, 0.5) is 5.69 Å². The van der Waals surface area contributed by atoms with Gasteiger partial charge in [-0.15, -0.1) is 0 Å². The van der Waals surface area contributed by atoms with Crippen molar-refractivity contribution in [2.24, 2.45) is 5.73 Å². The number of anilines is 1. The first-order chi connectivity index (χ1) is 12.4. The van der Waals surface area contributed by atoms with E-state index >= 15 is 0 Å². The van der Waals surface area contributed by atoms with Gasteiger partial charge in [0.05, 0.1) is 19.9 Å². The van der Waals surface area contributed by atoms with E-state index in [1.165, 1.54) is 26.4 Å². The lowest BCUT2D eigenvalue weighted by atomic mass is 10.0. The first-order valence-corrected chi connectivity index (χ1v) is 9.66. The average Bonchev–Trinajstić information content (AvgIpc) is 2.60. The minimum Gasteiger partial charge on any atom is -0.496 e.